The predicted molar refractivity (Wildman–Crippen MR) is 72.8 cm³/mol. The van der Waals surface area contributed by atoms with Gasteiger partial charge in [0.2, 0.25) is 11.9 Å². The molecule has 1 N–H and O–H groups in total. The Kier molecular flexibility index (Phi) is 4.36. The summed E-state index contributed by atoms with van der Waals surface area (Å²) in [6.45, 7) is 8.38. The fourth-order valence-corrected chi connectivity index (χ4v) is 2.16. The normalized spacial score (nSPS) is 23.3. The molecule has 19 heavy (non-hydrogen) atoms. The van der Waals surface area contributed by atoms with Crippen LogP contribution in [0, 0.1) is 0 Å². The zero-order valence-electron chi connectivity index (χ0n) is 11.9. The van der Waals surface area contributed by atoms with Crippen LogP contribution in [0.25, 0.3) is 0 Å². The molecular formula is C12H21N5O2. The molecule has 7 heteroatoms. The molecule has 1 aromatic heterocycles. The number of morpholine rings is 1. The minimum absolute atomic E-state index is 0.161. The lowest BCUT2D eigenvalue weighted by molar-refractivity contribution is -0.00576. The zero-order chi connectivity index (χ0) is 13.8. The van der Waals surface area contributed by atoms with Crippen LogP contribution in [-0.2, 0) is 4.74 Å². The number of anilines is 2. The van der Waals surface area contributed by atoms with Crippen molar-refractivity contribution >= 4 is 11.9 Å². The van der Waals surface area contributed by atoms with Gasteiger partial charge in [-0.15, -0.1) is 0 Å². The summed E-state index contributed by atoms with van der Waals surface area (Å²) in [4.78, 5) is 15.0. The molecule has 1 saturated heterocycles. The molecule has 2 atom stereocenters. The van der Waals surface area contributed by atoms with Gasteiger partial charge in [0.15, 0.2) is 0 Å². The van der Waals surface area contributed by atoms with Crippen LogP contribution in [0.1, 0.15) is 20.8 Å². The van der Waals surface area contributed by atoms with Crippen LogP contribution in [0.15, 0.2) is 0 Å². The highest BCUT2D eigenvalue weighted by Gasteiger charge is 2.25. The molecular weight excluding hydrogens is 246 g/mol. The number of hydrogen-bond donors (Lipinski definition) is 1. The molecule has 1 aliphatic rings. The number of methoxy groups -OCH3 is 1. The second kappa shape index (κ2) is 6.01. The largest absolute Gasteiger partial charge is 0.467 e. The molecule has 0 amide bonds. The summed E-state index contributed by atoms with van der Waals surface area (Å²) in [6, 6.07) is 0.327. The molecule has 0 bridgehead atoms. The quantitative estimate of drug-likeness (QED) is 0.869. The van der Waals surface area contributed by atoms with Gasteiger partial charge < -0.3 is 19.7 Å². The maximum atomic E-state index is 5.71. The van der Waals surface area contributed by atoms with E-state index in [-0.39, 0.29) is 12.2 Å². The van der Waals surface area contributed by atoms with Gasteiger partial charge in [0.25, 0.3) is 0 Å². The lowest BCUT2D eigenvalue weighted by atomic mass is 10.2. The summed E-state index contributed by atoms with van der Waals surface area (Å²) in [5.41, 5.74) is 0. The van der Waals surface area contributed by atoms with Crippen molar-refractivity contribution in [2.24, 2.45) is 0 Å². The first-order chi connectivity index (χ1) is 9.12. The smallest absolute Gasteiger partial charge is 0.322 e. The maximum Gasteiger partial charge on any atom is 0.322 e. The Bertz CT molecular complexity index is 419. The Morgan fingerprint density at radius 1 is 1.26 bits per heavy atom. The van der Waals surface area contributed by atoms with E-state index in [9.17, 15) is 0 Å². The minimum atomic E-state index is 0.161. The topological polar surface area (TPSA) is 72.4 Å². The van der Waals surface area contributed by atoms with Crippen LogP contribution in [0.5, 0.6) is 6.01 Å². The summed E-state index contributed by atoms with van der Waals surface area (Å²) in [7, 11) is 1.55. The van der Waals surface area contributed by atoms with E-state index in [0.717, 1.165) is 19.6 Å². The Hall–Kier alpha value is -1.63. The molecule has 0 unspecified atom stereocenters. The van der Waals surface area contributed by atoms with Gasteiger partial charge in [-0.3, -0.25) is 0 Å². The highest BCUT2D eigenvalue weighted by molar-refractivity contribution is 5.39. The number of nitrogens with zero attached hydrogens (tertiary/aromatic N) is 4. The summed E-state index contributed by atoms with van der Waals surface area (Å²) < 4.78 is 10.8. The highest BCUT2D eigenvalue weighted by atomic mass is 16.5. The monoisotopic (exact) mass is 267 g/mol. The van der Waals surface area contributed by atoms with E-state index < -0.39 is 0 Å². The number of hydrogen-bond acceptors (Lipinski definition) is 7. The molecule has 1 aromatic rings. The number of aromatic nitrogens is 3. The molecule has 2 heterocycles. The molecule has 1 fully saturated rings. The summed E-state index contributed by atoms with van der Waals surface area (Å²) in [5.74, 6) is 1.17. The van der Waals surface area contributed by atoms with Crippen molar-refractivity contribution in [3.05, 3.63) is 0 Å². The first-order valence-corrected chi connectivity index (χ1v) is 6.56. The molecule has 1 aliphatic heterocycles. The summed E-state index contributed by atoms with van der Waals surface area (Å²) in [5, 5.41) is 3.08. The Morgan fingerprint density at radius 2 is 1.95 bits per heavy atom. The molecule has 106 valence electrons. The van der Waals surface area contributed by atoms with Gasteiger partial charge in [-0.2, -0.15) is 15.0 Å². The fraction of sp³-hybridized carbons (Fsp3) is 0.750. The highest BCUT2D eigenvalue weighted by Crippen LogP contribution is 2.19. The van der Waals surface area contributed by atoms with Gasteiger partial charge >= 0.3 is 6.01 Å². The van der Waals surface area contributed by atoms with Gasteiger partial charge in [-0.25, -0.2) is 0 Å². The summed E-state index contributed by atoms with van der Waals surface area (Å²) in [6.07, 6.45) is 0.322. The van der Waals surface area contributed by atoms with E-state index >= 15 is 0 Å². The van der Waals surface area contributed by atoms with E-state index in [1.807, 2.05) is 20.8 Å². The van der Waals surface area contributed by atoms with Crippen LogP contribution in [0.3, 0.4) is 0 Å². The third-order valence-electron chi connectivity index (χ3n) is 2.82. The second-order valence-corrected chi connectivity index (χ2v) is 4.64. The van der Waals surface area contributed by atoms with Crippen LogP contribution < -0.4 is 15.0 Å². The lowest BCUT2D eigenvalue weighted by Crippen LogP contribution is -2.46. The third kappa shape index (κ3) is 3.44. The Morgan fingerprint density at radius 3 is 2.53 bits per heavy atom. The van der Waals surface area contributed by atoms with Gasteiger partial charge in [-0.1, -0.05) is 0 Å². The second-order valence-electron chi connectivity index (χ2n) is 4.64. The molecule has 0 aliphatic carbocycles. The van der Waals surface area contributed by atoms with Crippen molar-refractivity contribution in [2.45, 2.75) is 33.0 Å². The molecule has 0 aromatic carbocycles. The van der Waals surface area contributed by atoms with Crippen LogP contribution in [0.4, 0.5) is 11.9 Å². The van der Waals surface area contributed by atoms with Crippen molar-refractivity contribution in [2.75, 3.05) is 37.0 Å². The van der Waals surface area contributed by atoms with Crippen molar-refractivity contribution in [3.8, 4) is 6.01 Å². The van der Waals surface area contributed by atoms with E-state index in [1.165, 1.54) is 0 Å². The van der Waals surface area contributed by atoms with Crippen molar-refractivity contribution in [1.29, 1.82) is 0 Å². The van der Waals surface area contributed by atoms with Crippen molar-refractivity contribution < 1.29 is 9.47 Å². The SMILES string of the molecule is CCNc1nc(OC)nc(N2C[C@@H](C)O[C@@H](C)C2)n1. The van der Waals surface area contributed by atoms with Gasteiger partial charge in [-0.05, 0) is 20.8 Å². The maximum absolute atomic E-state index is 5.71. The number of nitrogens with one attached hydrogen (secondary N) is 1. The number of ether oxygens (including phenoxy) is 2. The first-order valence-electron chi connectivity index (χ1n) is 6.56. The van der Waals surface area contributed by atoms with Gasteiger partial charge in [0.1, 0.15) is 0 Å². The molecule has 0 radical (unpaired) electrons. The van der Waals surface area contributed by atoms with Crippen LogP contribution >= 0.6 is 0 Å². The number of rotatable bonds is 4. The average Bonchev–Trinajstić information content (AvgIpc) is 2.37. The Balaban J connectivity index is 2.24. The third-order valence-corrected chi connectivity index (χ3v) is 2.82. The van der Waals surface area contributed by atoms with Crippen molar-refractivity contribution in [3.63, 3.8) is 0 Å². The van der Waals surface area contributed by atoms with Gasteiger partial charge in [0.05, 0.1) is 19.3 Å². The van der Waals surface area contributed by atoms with E-state index in [1.54, 1.807) is 7.11 Å². The van der Waals surface area contributed by atoms with Crippen molar-refractivity contribution in [1.82, 2.24) is 15.0 Å². The fourth-order valence-electron chi connectivity index (χ4n) is 2.16. The van der Waals surface area contributed by atoms with Gasteiger partial charge in [0, 0.05) is 19.6 Å². The molecule has 0 saturated carbocycles. The minimum Gasteiger partial charge on any atom is -0.467 e. The zero-order valence-corrected chi connectivity index (χ0v) is 11.9. The molecule has 0 spiro atoms. The first kappa shape index (κ1) is 13.8. The van der Waals surface area contributed by atoms with E-state index in [0.29, 0.717) is 17.9 Å². The van der Waals surface area contributed by atoms with Crippen LogP contribution in [-0.4, -0.2) is 53.9 Å². The molecule has 2 rings (SSSR count). The lowest BCUT2D eigenvalue weighted by Gasteiger charge is -2.35. The average molecular weight is 267 g/mol. The predicted octanol–water partition coefficient (Wildman–Crippen LogP) is 0.926. The Labute approximate surface area is 113 Å². The molecule has 7 nitrogen and oxygen atoms in total. The summed E-state index contributed by atoms with van der Waals surface area (Å²) >= 11 is 0. The van der Waals surface area contributed by atoms with Crippen LogP contribution in [0.2, 0.25) is 0 Å². The van der Waals surface area contributed by atoms with E-state index in [4.69, 9.17) is 9.47 Å². The standard InChI is InChI=1S/C12H21N5O2/c1-5-13-10-14-11(16-12(15-10)18-4)17-6-8(2)19-9(3)7-17/h8-9H,5-7H2,1-4H3,(H,13,14,15,16)/t8-,9+. The van der Waals surface area contributed by atoms with E-state index in [2.05, 4.69) is 25.2 Å².